The minimum atomic E-state index is -0.144. The van der Waals surface area contributed by atoms with Crippen LogP contribution in [0, 0.1) is 6.92 Å². The van der Waals surface area contributed by atoms with Crippen molar-refractivity contribution in [1.82, 2.24) is 14.9 Å². The van der Waals surface area contributed by atoms with E-state index < -0.39 is 0 Å². The van der Waals surface area contributed by atoms with Crippen molar-refractivity contribution < 1.29 is 4.79 Å². The van der Waals surface area contributed by atoms with Crippen LogP contribution in [0.1, 0.15) is 17.7 Å². The molecule has 3 aromatic rings. The second-order valence-electron chi connectivity index (χ2n) is 6.33. The van der Waals surface area contributed by atoms with Crippen LogP contribution in [0.15, 0.2) is 40.3 Å². The lowest BCUT2D eigenvalue weighted by Gasteiger charge is -2.14. The maximum atomic E-state index is 12.7. The van der Waals surface area contributed by atoms with Gasteiger partial charge >= 0.3 is 0 Å². The molecule has 2 aromatic heterocycles. The molecular formula is C19H19N3O2S2. The number of fused-ring (bicyclic) bond motifs is 1. The van der Waals surface area contributed by atoms with Gasteiger partial charge in [0.2, 0.25) is 5.91 Å². The highest BCUT2D eigenvalue weighted by molar-refractivity contribution is 7.99. The van der Waals surface area contributed by atoms with E-state index in [4.69, 9.17) is 0 Å². The third-order valence-electron chi connectivity index (χ3n) is 4.57. The van der Waals surface area contributed by atoms with E-state index in [0.717, 1.165) is 46.8 Å². The molecule has 1 amide bonds. The number of rotatable bonds is 4. The number of nitrogens with zero attached hydrogens (tertiary/aromatic N) is 2. The number of aryl methyl sites for hydroxylation is 1. The maximum Gasteiger partial charge on any atom is 0.260 e. The molecule has 134 valence electrons. The molecule has 1 aliphatic rings. The van der Waals surface area contributed by atoms with Gasteiger partial charge in [-0.05, 0) is 25.3 Å². The van der Waals surface area contributed by atoms with Crippen LogP contribution in [0.4, 0.5) is 0 Å². The van der Waals surface area contributed by atoms with E-state index in [1.54, 1.807) is 0 Å². The molecular weight excluding hydrogens is 366 g/mol. The van der Waals surface area contributed by atoms with Crippen LogP contribution in [0.25, 0.3) is 21.3 Å². The molecule has 3 heterocycles. The number of thioether (sulfide) groups is 1. The number of amides is 1. The number of thiophene rings is 1. The number of benzene rings is 1. The summed E-state index contributed by atoms with van der Waals surface area (Å²) in [6.07, 6.45) is 2.16. The Morgan fingerprint density at radius 2 is 2.00 bits per heavy atom. The van der Waals surface area contributed by atoms with Crippen molar-refractivity contribution in [3.8, 4) is 11.1 Å². The quantitative estimate of drug-likeness (QED) is 0.550. The summed E-state index contributed by atoms with van der Waals surface area (Å²) in [7, 11) is 0. The summed E-state index contributed by atoms with van der Waals surface area (Å²) >= 11 is 2.83. The lowest BCUT2D eigenvalue weighted by Crippen LogP contribution is -2.29. The van der Waals surface area contributed by atoms with Gasteiger partial charge in [-0.2, -0.15) is 0 Å². The summed E-state index contributed by atoms with van der Waals surface area (Å²) < 4.78 is 0. The van der Waals surface area contributed by atoms with Gasteiger partial charge in [-0.25, -0.2) is 4.98 Å². The van der Waals surface area contributed by atoms with E-state index in [1.807, 2.05) is 42.2 Å². The average Bonchev–Trinajstić information content (AvgIpc) is 3.28. The Hall–Kier alpha value is -2.12. The Kier molecular flexibility index (Phi) is 4.82. The number of hydrogen-bond acceptors (Lipinski definition) is 5. The van der Waals surface area contributed by atoms with Crippen molar-refractivity contribution in [3.05, 3.63) is 45.6 Å². The van der Waals surface area contributed by atoms with E-state index in [2.05, 4.69) is 9.97 Å². The molecule has 4 rings (SSSR count). The zero-order valence-corrected chi connectivity index (χ0v) is 16.1. The number of aromatic amines is 1. The van der Waals surface area contributed by atoms with Gasteiger partial charge in [0.1, 0.15) is 4.83 Å². The number of H-pyrrole nitrogens is 1. The van der Waals surface area contributed by atoms with Gasteiger partial charge in [-0.3, -0.25) is 9.59 Å². The van der Waals surface area contributed by atoms with Crippen LogP contribution in [-0.4, -0.2) is 39.6 Å². The number of aromatic nitrogens is 2. The first-order chi connectivity index (χ1) is 12.6. The van der Waals surface area contributed by atoms with Gasteiger partial charge in [-0.1, -0.05) is 42.1 Å². The van der Waals surface area contributed by atoms with E-state index in [-0.39, 0.29) is 11.5 Å². The highest BCUT2D eigenvalue weighted by atomic mass is 32.2. The standard InChI is InChI=1S/C19H19N3O2S2/c1-12-15(13-7-3-2-4-8-13)16-17(24)20-19(21-18(16)26-12)25-11-14(23)22-9-5-6-10-22/h2-4,7-8H,5-6,9-11H2,1H3,(H,20,21,24). The topological polar surface area (TPSA) is 66.1 Å². The van der Waals surface area contributed by atoms with Crippen molar-refractivity contribution in [2.24, 2.45) is 0 Å². The maximum absolute atomic E-state index is 12.7. The second-order valence-corrected chi connectivity index (χ2v) is 8.49. The summed E-state index contributed by atoms with van der Waals surface area (Å²) in [6, 6.07) is 9.90. The minimum Gasteiger partial charge on any atom is -0.342 e. The fourth-order valence-electron chi connectivity index (χ4n) is 3.31. The van der Waals surface area contributed by atoms with Crippen molar-refractivity contribution in [3.63, 3.8) is 0 Å². The first-order valence-corrected chi connectivity index (χ1v) is 10.4. The molecule has 1 saturated heterocycles. The SMILES string of the molecule is Cc1sc2nc(SCC(=O)N3CCCC3)[nH]c(=O)c2c1-c1ccccc1. The fourth-order valence-corrected chi connectivity index (χ4v) is 5.17. The second kappa shape index (κ2) is 7.25. The molecule has 5 nitrogen and oxygen atoms in total. The monoisotopic (exact) mass is 385 g/mol. The summed E-state index contributed by atoms with van der Waals surface area (Å²) in [4.78, 5) is 36.0. The zero-order chi connectivity index (χ0) is 18.1. The molecule has 0 radical (unpaired) electrons. The van der Waals surface area contributed by atoms with E-state index in [1.165, 1.54) is 23.1 Å². The Bertz CT molecular complexity index is 1000. The van der Waals surface area contributed by atoms with Gasteiger partial charge in [-0.15, -0.1) is 11.3 Å². The normalized spacial score (nSPS) is 14.3. The molecule has 1 N–H and O–H groups in total. The van der Waals surface area contributed by atoms with Crippen LogP contribution in [0.2, 0.25) is 0 Å². The van der Waals surface area contributed by atoms with Crippen molar-refractivity contribution in [2.75, 3.05) is 18.8 Å². The van der Waals surface area contributed by atoms with Crippen LogP contribution >= 0.6 is 23.1 Å². The molecule has 1 fully saturated rings. The predicted octanol–water partition coefficient (Wildman–Crippen LogP) is 3.67. The molecule has 1 aliphatic heterocycles. The summed E-state index contributed by atoms with van der Waals surface area (Å²) in [5, 5.41) is 1.14. The Morgan fingerprint density at radius 3 is 2.73 bits per heavy atom. The molecule has 0 aliphatic carbocycles. The van der Waals surface area contributed by atoms with E-state index >= 15 is 0 Å². The molecule has 1 aromatic carbocycles. The number of nitrogens with one attached hydrogen (secondary N) is 1. The first kappa shape index (κ1) is 17.3. The van der Waals surface area contributed by atoms with Gasteiger partial charge in [0.25, 0.3) is 5.56 Å². The summed E-state index contributed by atoms with van der Waals surface area (Å²) in [6.45, 7) is 3.69. The Labute approximate surface area is 159 Å². The van der Waals surface area contributed by atoms with Crippen LogP contribution < -0.4 is 5.56 Å². The van der Waals surface area contributed by atoms with Gasteiger partial charge in [0.15, 0.2) is 5.16 Å². The third-order valence-corrected chi connectivity index (χ3v) is 6.43. The Balaban J connectivity index is 1.63. The first-order valence-electron chi connectivity index (χ1n) is 8.63. The van der Waals surface area contributed by atoms with Gasteiger partial charge < -0.3 is 9.88 Å². The number of carbonyl (C=O) groups is 1. The number of hydrogen-bond donors (Lipinski definition) is 1. The summed E-state index contributed by atoms with van der Waals surface area (Å²) in [5.74, 6) is 0.423. The van der Waals surface area contributed by atoms with Crippen molar-refractivity contribution >= 4 is 39.2 Å². The highest BCUT2D eigenvalue weighted by Gasteiger charge is 2.20. The smallest absolute Gasteiger partial charge is 0.260 e. The Morgan fingerprint density at radius 1 is 1.27 bits per heavy atom. The van der Waals surface area contributed by atoms with Gasteiger partial charge in [0.05, 0.1) is 11.1 Å². The molecule has 7 heteroatoms. The van der Waals surface area contributed by atoms with Gasteiger partial charge in [0, 0.05) is 23.5 Å². The minimum absolute atomic E-state index is 0.114. The molecule has 0 bridgehead atoms. The highest BCUT2D eigenvalue weighted by Crippen LogP contribution is 2.35. The van der Waals surface area contributed by atoms with Crippen molar-refractivity contribution in [1.29, 1.82) is 0 Å². The molecule has 0 spiro atoms. The number of likely N-dealkylation sites (tertiary alicyclic amines) is 1. The predicted molar refractivity (Wildman–Crippen MR) is 107 cm³/mol. The summed E-state index contributed by atoms with van der Waals surface area (Å²) in [5.41, 5.74) is 1.83. The molecule has 0 saturated carbocycles. The molecule has 0 unspecified atom stereocenters. The van der Waals surface area contributed by atoms with Crippen LogP contribution in [0.3, 0.4) is 0 Å². The van der Waals surface area contributed by atoms with Crippen LogP contribution in [-0.2, 0) is 4.79 Å². The zero-order valence-electron chi connectivity index (χ0n) is 14.4. The lowest BCUT2D eigenvalue weighted by atomic mass is 10.0. The number of carbonyl (C=O) groups excluding carboxylic acids is 1. The fraction of sp³-hybridized carbons (Fsp3) is 0.316. The molecule has 0 atom stereocenters. The molecule has 26 heavy (non-hydrogen) atoms. The van der Waals surface area contributed by atoms with E-state index in [0.29, 0.717) is 16.3 Å². The largest absolute Gasteiger partial charge is 0.342 e. The van der Waals surface area contributed by atoms with Crippen molar-refractivity contribution in [2.45, 2.75) is 24.9 Å². The van der Waals surface area contributed by atoms with Crippen LogP contribution in [0.5, 0.6) is 0 Å². The van der Waals surface area contributed by atoms with E-state index in [9.17, 15) is 9.59 Å². The third kappa shape index (κ3) is 3.29. The average molecular weight is 386 g/mol. The lowest BCUT2D eigenvalue weighted by molar-refractivity contribution is -0.127.